The van der Waals surface area contributed by atoms with E-state index in [0.29, 0.717) is 0 Å². The molecule has 0 unspecified atom stereocenters. The van der Waals surface area contributed by atoms with Crippen molar-refractivity contribution in [2.24, 2.45) is 5.16 Å². The minimum absolute atomic E-state index is 0. The van der Waals surface area contributed by atoms with Crippen LogP contribution in [0.25, 0.3) is 0 Å². The van der Waals surface area contributed by atoms with Crippen molar-refractivity contribution in [2.75, 3.05) is 0 Å². The second-order valence-corrected chi connectivity index (χ2v) is 0.324. The normalized spacial score (nSPS) is 5.29. The summed E-state index contributed by atoms with van der Waals surface area (Å²) in [6, 6.07) is 0. The van der Waals surface area contributed by atoms with E-state index in [9.17, 15) is 0 Å². The molecular formula is C3H7NOWY-2. The molecule has 0 aliphatic rings. The van der Waals surface area contributed by atoms with Gasteiger partial charge in [-0.1, -0.05) is 0 Å². The summed E-state index contributed by atoms with van der Waals surface area (Å²) in [7, 11) is 0. The van der Waals surface area contributed by atoms with Crippen molar-refractivity contribution >= 4 is 6.21 Å². The van der Waals surface area contributed by atoms with Gasteiger partial charge in [0.25, 0.3) is 0 Å². The van der Waals surface area contributed by atoms with Crippen molar-refractivity contribution in [1.29, 1.82) is 0 Å². The molecule has 0 heterocycles. The van der Waals surface area contributed by atoms with Crippen molar-refractivity contribution < 1.29 is 59.0 Å². The standard InChI is InChI=1S/C2H4NO.CH3.W.Y/c1-2-3-4;;;/h4H,1H3;1H3;;/q2*-1;;. The number of nitrogens with zero attached hydrogens (tertiary/aromatic N) is 1. The summed E-state index contributed by atoms with van der Waals surface area (Å²) in [5.74, 6) is 0. The van der Waals surface area contributed by atoms with Crippen molar-refractivity contribution in [2.45, 2.75) is 6.92 Å². The van der Waals surface area contributed by atoms with Crippen LogP contribution in [0.1, 0.15) is 6.92 Å². The SMILES string of the molecule is C[C-]=NO.[CH3-].[W].[Y]. The van der Waals surface area contributed by atoms with Crippen LogP contribution in [0.3, 0.4) is 0 Å². The van der Waals surface area contributed by atoms with Crippen LogP contribution in [0, 0.1) is 7.43 Å². The van der Waals surface area contributed by atoms with E-state index in [1.54, 1.807) is 0 Å². The third-order valence-corrected chi connectivity index (χ3v) is 0.100. The first-order chi connectivity index (χ1) is 1.91. The molecule has 2 nitrogen and oxygen atoms in total. The van der Waals surface area contributed by atoms with Crippen LogP contribution in [-0.4, -0.2) is 11.4 Å². The Balaban J connectivity index is -0.0000000150. The molecule has 0 amide bonds. The van der Waals surface area contributed by atoms with Gasteiger partial charge in [-0.3, -0.25) is 0 Å². The number of rotatable bonds is 0. The summed E-state index contributed by atoms with van der Waals surface area (Å²) in [6.45, 7) is 1.51. The second-order valence-electron chi connectivity index (χ2n) is 0.324. The molecule has 0 aromatic heterocycles. The van der Waals surface area contributed by atoms with Crippen LogP contribution in [0.5, 0.6) is 0 Å². The van der Waals surface area contributed by atoms with E-state index in [-0.39, 0.29) is 61.2 Å². The Morgan fingerprint density at radius 1 is 1.57 bits per heavy atom. The average Bonchev–Trinajstić information content (AvgIpc) is 1.37. The average molecular weight is 346 g/mol. The van der Waals surface area contributed by atoms with E-state index in [0.717, 1.165) is 0 Å². The Morgan fingerprint density at radius 3 is 1.71 bits per heavy atom. The van der Waals surface area contributed by atoms with Crippen molar-refractivity contribution in [3.63, 3.8) is 0 Å². The Kier molecular flexibility index (Phi) is 91.7. The number of hydrogen-bond donors (Lipinski definition) is 1. The fourth-order valence-corrected chi connectivity index (χ4v) is 0. The zero-order valence-corrected chi connectivity index (χ0v) is 10.2. The van der Waals surface area contributed by atoms with Gasteiger partial charge in [-0.2, -0.15) is 6.92 Å². The Hall–Kier alpha value is 1.26. The van der Waals surface area contributed by atoms with Crippen LogP contribution in [-0.2, 0) is 53.8 Å². The summed E-state index contributed by atoms with van der Waals surface area (Å²) in [5, 5.41) is 9.88. The molecule has 4 heteroatoms. The zero-order valence-electron chi connectivity index (χ0n) is 4.38. The first kappa shape index (κ1) is 24.0. The molecule has 0 aromatic carbocycles. The molecule has 0 spiro atoms. The molecule has 0 aliphatic carbocycles. The minimum atomic E-state index is 0. The van der Waals surface area contributed by atoms with Crippen molar-refractivity contribution in [1.82, 2.24) is 0 Å². The van der Waals surface area contributed by atoms with Gasteiger partial charge < -0.3 is 24.0 Å². The van der Waals surface area contributed by atoms with E-state index in [1.807, 2.05) is 0 Å². The third kappa shape index (κ3) is 39.3. The van der Waals surface area contributed by atoms with Gasteiger partial charge >= 0.3 is 0 Å². The fraction of sp³-hybridized carbons (Fsp3) is 0.333. The first-order valence-corrected chi connectivity index (χ1v) is 0.924. The van der Waals surface area contributed by atoms with Gasteiger partial charge in [0.05, 0.1) is 0 Å². The van der Waals surface area contributed by atoms with Gasteiger partial charge in [0, 0.05) is 53.8 Å². The summed E-state index contributed by atoms with van der Waals surface area (Å²) in [4.78, 5) is 0. The van der Waals surface area contributed by atoms with Gasteiger partial charge in [0.2, 0.25) is 0 Å². The maximum absolute atomic E-state index is 7.39. The van der Waals surface area contributed by atoms with Crippen molar-refractivity contribution in [3.05, 3.63) is 7.43 Å². The summed E-state index contributed by atoms with van der Waals surface area (Å²) in [6.07, 6.45) is 2.11. The fourth-order valence-electron chi connectivity index (χ4n) is 0. The van der Waals surface area contributed by atoms with Crippen LogP contribution in [0.2, 0.25) is 0 Å². The first-order valence-electron chi connectivity index (χ1n) is 0.924. The van der Waals surface area contributed by atoms with Crippen molar-refractivity contribution in [3.8, 4) is 0 Å². The van der Waals surface area contributed by atoms with E-state index >= 15 is 0 Å². The predicted molar refractivity (Wildman–Crippen MR) is 21.3 cm³/mol. The Bertz CT molecular complexity index is 30.1. The maximum Gasteiger partial charge on any atom is 0 e. The molecule has 0 saturated carbocycles. The molecular weight excluding hydrogens is 339 g/mol. The van der Waals surface area contributed by atoms with Crippen LogP contribution < -0.4 is 0 Å². The third-order valence-electron chi connectivity index (χ3n) is 0.100. The van der Waals surface area contributed by atoms with E-state index in [1.165, 1.54) is 6.92 Å². The van der Waals surface area contributed by atoms with Gasteiger partial charge in [-0.05, 0) is 0 Å². The molecule has 0 aromatic rings. The smallest absolute Gasteiger partial charge is 0 e. The van der Waals surface area contributed by atoms with E-state index in [2.05, 4.69) is 11.4 Å². The zero-order chi connectivity index (χ0) is 3.41. The monoisotopic (exact) mass is 346 g/mol. The molecule has 0 atom stereocenters. The van der Waals surface area contributed by atoms with Gasteiger partial charge in [0.15, 0.2) is 0 Å². The van der Waals surface area contributed by atoms with E-state index < -0.39 is 0 Å². The quantitative estimate of drug-likeness (QED) is 0.299. The summed E-state index contributed by atoms with van der Waals surface area (Å²) >= 11 is 0. The molecule has 0 rings (SSSR count). The molecule has 7 heavy (non-hydrogen) atoms. The molecule has 1 radical (unpaired) electrons. The van der Waals surface area contributed by atoms with Crippen LogP contribution >= 0.6 is 0 Å². The van der Waals surface area contributed by atoms with Gasteiger partial charge in [-0.15, -0.1) is 0 Å². The topological polar surface area (TPSA) is 32.6 Å². The largest absolute Gasteiger partial charge is 0.447 e. The summed E-state index contributed by atoms with van der Waals surface area (Å²) < 4.78 is 0. The van der Waals surface area contributed by atoms with Gasteiger partial charge in [0.1, 0.15) is 0 Å². The summed E-state index contributed by atoms with van der Waals surface area (Å²) in [5.41, 5.74) is 0. The molecule has 0 saturated heterocycles. The molecule has 41 valence electrons. The molecule has 0 aliphatic heterocycles. The minimum Gasteiger partial charge on any atom is -0.447 e. The maximum atomic E-state index is 7.39. The molecule has 0 fully saturated rings. The second kappa shape index (κ2) is 26.8. The van der Waals surface area contributed by atoms with Gasteiger partial charge in [-0.25, -0.2) is 0 Å². The van der Waals surface area contributed by atoms with Crippen LogP contribution in [0.4, 0.5) is 0 Å². The predicted octanol–water partition coefficient (Wildman–Crippen LogP) is 0.789. The Labute approximate surface area is 83.9 Å². The number of hydrogen-bond acceptors (Lipinski definition) is 2. The van der Waals surface area contributed by atoms with E-state index in [4.69, 9.17) is 5.21 Å². The molecule has 0 bridgehead atoms. The molecule has 1 N–H and O–H groups in total. The van der Waals surface area contributed by atoms with Crippen LogP contribution in [0.15, 0.2) is 5.16 Å². The Morgan fingerprint density at radius 2 is 1.71 bits per heavy atom.